The van der Waals surface area contributed by atoms with Gasteiger partial charge in [-0.3, -0.25) is 0 Å². The molecule has 1 unspecified atom stereocenters. The van der Waals surface area contributed by atoms with E-state index in [0.29, 0.717) is 12.0 Å². The molecule has 0 saturated carbocycles. The van der Waals surface area contributed by atoms with Gasteiger partial charge in [-0.1, -0.05) is 13.0 Å². The molecule has 0 amide bonds. The highest BCUT2D eigenvalue weighted by atomic mass is 32.1. The SMILES string of the molecule is CCNC(c1cc2ccc(F)cc2s1)C1CCOCC1. The predicted molar refractivity (Wildman–Crippen MR) is 81.7 cm³/mol. The van der Waals surface area contributed by atoms with Crippen molar-refractivity contribution in [3.05, 3.63) is 35.0 Å². The normalized spacial score (nSPS) is 18.5. The minimum Gasteiger partial charge on any atom is -0.381 e. The van der Waals surface area contributed by atoms with Gasteiger partial charge in [0.15, 0.2) is 0 Å². The first-order valence-corrected chi connectivity index (χ1v) is 8.09. The lowest BCUT2D eigenvalue weighted by Crippen LogP contribution is -2.31. The maximum Gasteiger partial charge on any atom is 0.124 e. The summed E-state index contributed by atoms with van der Waals surface area (Å²) in [5.74, 6) is 0.457. The van der Waals surface area contributed by atoms with Gasteiger partial charge in [0.25, 0.3) is 0 Å². The maximum absolute atomic E-state index is 13.3. The summed E-state index contributed by atoms with van der Waals surface area (Å²) in [6.45, 7) is 4.79. The molecule has 1 aliphatic heterocycles. The van der Waals surface area contributed by atoms with Crippen LogP contribution >= 0.6 is 11.3 Å². The number of hydrogen-bond acceptors (Lipinski definition) is 3. The van der Waals surface area contributed by atoms with Gasteiger partial charge in [0.1, 0.15) is 5.82 Å². The fraction of sp³-hybridized carbons (Fsp3) is 0.500. The van der Waals surface area contributed by atoms with Gasteiger partial charge in [-0.15, -0.1) is 11.3 Å². The molecule has 1 aliphatic rings. The van der Waals surface area contributed by atoms with Gasteiger partial charge >= 0.3 is 0 Å². The summed E-state index contributed by atoms with van der Waals surface area (Å²) in [5.41, 5.74) is 0. The molecular weight excluding hydrogens is 273 g/mol. The molecule has 1 aromatic heterocycles. The quantitative estimate of drug-likeness (QED) is 0.915. The van der Waals surface area contributed by atoms with Crippen molar-refractivity contribution in [1.82, 2.24) is 5.32 Å². The number of halogens is 1. The number of ether oxygens (including phenoxy) is 1. The van der Waals surface area contributed by atoms with E-state index in [1.54, 1.807) is 17.4 Å². The minimum absolute atomic E-state index is 0.156. The van der Waals surface area contributed by atoms with Crippen molar-refractivity contribution in [3.63, 3.8) is 0 Å². The minimum atomic E-state index is -0.156. The van der Waals surface area contributed by atoms with Crippen LogP contribution in [0.4, 0.5) is 4.39 Å². The molecule has 108 valence electrons. The van der Waals surface area contributed by atoms with Crippen molar-refractivity contribution in [2.24, 2.45) is 5.92 Å². The number of hydrogen-bond donors (Lipinski definition) is 1. The van der Waals surface area contributed by atoms with Gasteiger partial charge < -0.3 is 10.1 Å². The van der Waals surface area contributed by atoms with Crippen LogP contribution in [-0.4, -0.2) is 19.8 Å². The number of fused-ring (bicyclic) bond motifs is 1. The van der Waals surface area contributed by atoms with E-state index in [9.17, 15) is 4.39 Å². The molecule has 1 aromatic carbocycles. The smallest absolute Gasteiger partial charge is 0.124 e. The van der Waals surface area contributed by atoms with E-state index in [-0.39, 0.29) is 5.82 Å². The summed E-state index contributed by atoms with van der Waals surface area (Å²) in [4.78, 5) is 1.32. The lowest BCUT2D eigenvalue weighted by Gasteiger charge is -2.30. The van der Waals surface area contributed by atoms with Gasteiger partial charge in [0.05, 0.1) is 0 Å². The van der Waals surface area contributed by atoms with Gasteiger partial charge in [0.2, 0.25) is 0 Å². The Bertz CT molecular complexity index is 577. The first-order chi connectivity index (χ1) is 9.78. The van der Waals surface area contributed by atoms with Crippen molar-refractivity contribution in [2.75, 3.05) is 19.8 Å². The molecule has 3 rings (SSSR count). The zero-order valence-electron chi connectivity index (χ0n) is 11.7. The number of rotatable bonds is 4. The van der Waals surface area contributed by atoms with Crippen LogP contribution in [0.2, 0.25) is 0 Å². The zero-order chi connectivity index (χ0) is 13.9. The molecule has 0 aliphatic carbocycles. The first kappa shape index (κ1) is 14.0. The van der Waals surface area contributed by atoms with E-state index in [1.165, 1.54) is 10.9 Å². The number of nitrogens with one attached hydrogen (secondary N) is 1. The molecule has 1 atom stereocenters. The van der Waals surface area contributed by atoms with Crippen molar-refractivity contribution in [2.45, 2.75) is 25.8 Å². The zero-order valence-corrected chi connectivity index (χ0v) is 12.5. The average molecular weight is 293 g/mol. The van der Waals surface area contributed by atoms with Crippen LogP contribution < -0.4 is 5.32 Å². The fourth-order valence-electron chi connectivity index (χ4n) is 2.95. The monoisotopic (exact) mass is 293 g/mol. The van der Waals surface area contributed by atoms with Gasteiger partial charge in [0, 0.05) is 28.8 Å². The molecule has 1 fully saturated rings. The van der Waals surface area contributed by atoms with E-state index >= 15 is 0 Å². The number of benzene rings is 1. The highest BCUT2D eigenvalue weighted by Gasteiger charge is 2.26. The van der Waals surface area contributed by atoms with Crippen LogP contribution in [0, 0.1) is 11.7 Å². The van der Waals surface area contributed by atoms with Crippen molar-refractivity contribution >= 4 is 21.4 Å². The Morgan fingerprint density at radius 2 is 2.15 bits per heavy atom. The average Bonchev–Trinajstić information content (AvgIpc) is 2.88. The topological polar surface area (TPSA) is 21.3 Å². The molecule has 0 spiro atoms. The van der Waals surface area contributed by atoms with Crippen LogP contribution in [0.25, 0.3) is 10.1 Å². The Morgan fingerprint density at radius 3 is 2.90 bits per heavy atom. The second-order valence-corrected chi connectivity index (χ2v) is 6.43. The van der Waals surface area contributed by atoms with Crippen molar-refractivity contribution in [1.29, 1.82) is 0 Å². The molecule has 1 saturated heterocycles. The number of thiophene rings is 1. The summed E-state index contributed by atoms with van der Waals surface area (Å²) in [6.07, 6.45) is 2.19. The van der Waals surface area contributed by atoms with E-state index in [1.807, 2.05) is 6.07 Å². The summed E-state index contributed by atoms with van der Waals surface area (Å²) < 4.78 is 19.8. The Morgan fingerprint density at radius 1 is 1.35 bits per heavy atom. The van der Waals surface area contributed by atoms with E-state index in [4.69, 9.17) is 4.74 Å². The molecule has 0 bridgehead atoms. The van der Waals surface area contributed by atoms with Crippen LogP contribution in [0.5, 0.6) is 0 Å². The summed E-state index contributed by atoms with van der Waals surface area (Å²) in [5, 5.41) is 4.75. The van der Waals surface area contributed by atoms with Gasteiger partial charge in [-0.2, -0.15) is 0 Å². The summed E-state index contributed by atoms with van der Waals surface area (Å²) in [6, 6.07) is 7.62. The molecule has 2 aromatic rings. The summed E-state index contributed by atoms with van der Waals surface area (Å²) >= 11 is 1.71. The van der Waals surface area contributed by atoms with Crippen LogP contribution in [-0.2, 0) is 4.74 Å². The Labute approximate surface area is 122 Å². The Balaban J connectivity index is 1.91. The second-order valence-electron chi connectivity index (χ2n) is 5.32. The van der Waals surface area contributed by atoms with Crippen LogP contribution in [0.3, 0.4) is 0 Å². The van der Waals surface area contributed by atoms with Crippen LogP contribution in [0.1, 0.15) is 30.7 Å². The van der Waals surface area contributed by atoms with Crippen molar-refractivity contribution < 1.29 is 9.13 Å². The molecule has 4 heteroatoms. The lowest BCUT2D eigenvalue weighted by atomic mass is 9.90. The van der Waals surface area contributed by atoms with E-state index < -0.39 is 0 Å². The van der Waals surface area contributed by atoms with Crippen molar-refractivity contribution in [3.8, 4) is 0 Å². The first-order valence-electron chi connectivity index (χ1n) is 7.28. The molecular formula is C16H20FNOS. The van der Waals surface area contributed by atoms with E-state index in [2.05, 4.69) is 18.3 Å². The lowest BCUT2D eigenvalue weighted by molar-refractivity contribution is 0.0543. The predicted octanol–water partition coefficient (Wildman–Crippen LogP) is 4.12. The largest absolute Gasteiger partial charge is 0.381 e. The molecule has 2 nitrogen and oxygen atoms in total. The fourth-order valence-corrected chi connectivity index (χ4v) is 4.21. The maximum atomic E-state index is 13.3. The van der Waals surface area contributed by atoms with Crippen LogP contribution in [0.15, 0.2) is 24.3 Å². The summed E-state index contributed by atoms with van der Waals surface area (Å²) in [7, 11) is 0. The molecule has 1 N–H and O–H groups in total. The molecule has 2 heterocycles. The van der Waals surface area contributed by atoms with E-state index in [0.717, 1.165) is 42.7 Å². The molecule has 0 radical (unpaired) electrons. The standard InChI is InChI=1S/C16H20FNOS/c1-2-18-16(11-5-7-19-8-6-11)15-9-12-3-4-13(17)10-14(12)20-15/h3-4,9-11,16,18H,2,5-8H2,1H3. The second kappa shape index (κ2) is 6.20. The third-order valence-corrected chi connectivity index (χ3v) is 5.15. The Kier molecular flexibility index (Phi) is 4.34. The highest BCUT2D eigenvalue weighted by Crippen LogP contribution is 2.37. The third-order valence-electron chi connectivity index (χ3n) is 3.97. The third kappa shape index (κ3) is 2.87. The van der Waals surface area contributed by atoms with Gasteiger partial charge in [-0.05, 0) is 48.9 Å². The molecule has 20 heavy (non-hydrogen) atoms. The Hall–Kier alpha value is -0.970. The van der Waals surface area contributed by atoms with Gasteiger partial charge in [-0.25, -0.2) is 4.39 Å². The highest BCUT2D eigenvalue weighted by molar-refractivity contribution is 7.19.